The van der Waals surface area contributed by atoms with Gasteiger partial charge in [-0.3, -0.25) is 9.88 Å². The second-order valence-electron chi connectivity index (χ2n) is 5.45. The number of aromatic nitrogens is 3. The Balaban J connectivity index is 1.63. The predicted octanol–water partition coefficient (Wildman–Crippen LogP) is 2.06. The highest BCUT2D eigenvalue weighted by atomic mass is 15.3. The molecular formula is C16H21N5. The lowest BCUT2D eigenvalue weighted by Gasteiger charge is -2.38. The van der Waals surface area contributed by atoms with E-state index in [-0.39, 0.29) is 0 Å². The van der Waals surface area contributed by atoms with Crippen LogP contribution in [0.5, 0.6) is 0 Å². The second kappa shape index (κ2) is 6.18. The molecule has 0 saturated carbocycles. The Hall–Kier alpha value is -2.01. The number of pyridine rings is 1. The van der Waals surface area contributed by atoms with E-state index in [1.807, 2.05) is 37.6 Å². The third-order valence-corrected chi connectivity index (χ3v) is 4.11. The van der Waals surface area contributed by atoms with Gasteiger partial charge in [0.2, 0.25) is 0 Å². The van der Waals surface area contributed by atoms with Crippen molar-refractivity contribution in [3.63, 3.8) is 0 Å². The van der Waals surface area contributed by atoms with Gasteiger partial charge in [0.25, 0.3) is 0 Å². The Labute approximate surface area is 125 Å². The van der Waals surface area contributed by atoms with Crippen LogP contribution in [0, 0.1) is 6.92 Å². The molecule has 1 unspecified atom stereocenters. The molecule has 0 aromatic carbocycles. The van der Waals surface area contributed by atoms with Crippen molar-refractivity contribution in [2.24, 2.45) is 0 Å². The van der Waals surface area contributed by atoms with Crippen LogP contribution >= 0.6 is 0 Å². The van der Waals surface area contributed by atoms with Crippen molar-refractivity contribution in [3.05, 3.63) is 48.2 Å². The summed E-state index contributed by atoms with van der Waals surface area (Å²) in [5.41, 5.74) is 1.28. The molecule has 0 N–H and O–H groups in total. The standard InChI is InChI=1S/C16H21N5/c1-13(15-4-3-6-17-12-15)20-8-10-21(11-9-20)16-5-7-18-14(2)19-16/h3-7,12-13H,8-11H2,1-2H3. The highest BCUT2D eigenvalue weighted by molar-refractivity contribution is 5.38. The van der Waals surface area contributed by atoms with Gasteiger partial charge >= 0.3 is 0 Å². The van der Waals surface area contributed by atoms with Crippen LogP contribution in [0.3, 0.4) is 0 Å². The Morgan fingerprint density at radius 1 is 1.10 bits per heavy atom. The fourth-order valence-electron chi connectivity index (χ4n) is 2.79. The lowest BCUT2D eigenvalue weighted by Crippen LogP contribution is -2.47. The van der Waals surface area contributed by atoms with E-state index in [0.717, 1.165) is 37.8 Å². The Morgan fingerprint density at radius 3 is 2.57 bits per heavy atom. The molecule has 1 aliphatic heterocycles. The first-order valence-electron chi connectivity index (χ1n) is 7.42. The molecule has 0 spiro atoms. The van der Waals surface area contributed by atoms with E-state index in [9.17, 15) is 0 Å². The molecule has 3 heterocycles. The Kier molecular flexibility index (Phi) is 4.10. The van der Waals surface area contributed by atoms with Crippen LogP contribution in [0.1, 0.15) is 24.4 Å². The summed E-state index contributed by atoms with van der Waals surface area (Å²) < 4.78 is 0. The molecule has 110 valence electrons. The van der Waals surface area contributed by atoms with Crippen LogP contribution in [-0.4, -0.2) is 46.0 Å². The van der Waals surface area contributed by atoms with Crippen LogP contribution < -0.4 is 4.90 Å². The van der Waals surface area contributed by atoms with E-state index in [0.29, 0.717) is 6.04 Å². The zero-order valence-electron chi connectivity index (χ0n) is 12.6. The molecule has 0 amide bonds. The highest BCUT2D eigenvalue weighted by Gasteiger charge is 2.22. The summed E-state index contributed by atoms with van der Waals surface area (Å²) in [6, 6.07) is 6.56. The summed E-state index contributed by atoms with van der Waals surface area (Å²) in [5.74, 6) is 1.87. The van der Waals surface area contributed by atoms with Gasteiger partial charge in [0.05, 0.1) is 0 Å². The molecule has 1 fully saturated rings. The summed E-state index contributed by atoms with van der Waals surface area (Å²) in [7, 11) is 0. The Morgan fingerprint density at radius 2 is 1.90 bits per heavy atom. The minimum Gasteiger partial charge on any atom is -0.354 e. The zero-order valence-corrected chi connectivity index (χ0v) is 12.6. The van der Waals surface area contributed by atoms with E-state index < -0.39 is 0 Å². The third-order valence-electron chi connectivity index (χ3n) is 4.11. The van der Waals surface area contributed by atoms with E-state index >= 15 is 0 Å². The van der Waals surface area contributed by atoms with Gasteiger partial charge in [0.1, 0.15) is 11.6 Å². The number of hydrogen-bond acceptors (Lipinski definition) is 5. The van der Waals surface area contributed by atoms with Crippen LogP contribution in [0.15, 0.2) is 36.8 Å². The summed E-state index contributed by atoms with van der Waals surface area (Å²) >= 11 is 0. The molecule has 1 aliphatic rings. The summed E-state index contributed by atoms with van der Waals surface area (Å²) in [6.45, 7) is 8.27. The zero-order chi connectivity index (χ0) is 14.7. The summed E-state index contributed by atoms with van der Waals surface area (Å²) in [4.78, 5) is 17.7. The lowest BCUT2D eigenvalue weighted by atomic mass is 10.1. The van der Waals surface area contributed by atoms with E-state index in [4.69, 9.17) is 0 Å². The molecule has 0 aliphatic carbocycles. The van der Waals surface area contributed by atoms with Crippen molar-refractivity contribution in [1.29, 1.82) is 0 Å². The molecular weight excluding hydrogens is 262 g/mol. The third kappa shape index (κ3) is 3.19. The van der Waals surface area contributed by atoms with Gasteiger partial charge < -0.3 is 4.90 Å². The van der Waals surface area contributed by atoms with Crippen molar-refractivity contribution < 1.29 is 0 Å². The lowest BCUT2D eigenvalue weighted by molar-refractivity contribution is 0.198. The molecule has 21 heavy (non-hydrogen) atoms. The first-order valence-corrected chi connectivity index (χ1v) is 7.42. The topological polar surface area (TPSA) is 45.2 Å². The van der Waals surface area contributed by atoms with Gasteiger partial charge in [0.15, 0.2) is 0 Å². The maximum atomic E-state index is 4.51. The van der Waals surface area contributed by atoms with Gasteiger partial charge in [-0.05, 0) is 31.5 Å². The van der Waals surface area contributed by atoms with Gasteiger partial charge in [-0.25, -0.2) is 9.97 Å². The molecule has 1 atom stereocenters. The molecule has 5 nitrogen and oxygen atoms in total. The quantitative estimate of drug-likeness (QED) is 0.863. The smallest absolute Gasteiger partial charge is 0.132 e. The SMILES string of the molecule is Cc1nccc(N2CCN(C(C)c3cccnc3)CC2)n1. The number of rotatable bonds is 3. The summed E-state index contributed by atoms with van der Waals surface area (Å²) in [6.07, 6.45) is 5.62. The van der Waals surface area contributed by atoms with Gasteiger partial charge in [-0.15, -0.1) is 0 Å². The van der Waals surface area contributed by atoms with Crippen molar-refractivity contribution in [3.8, 4) is 0 Å². The van der Waals surface area contributed by atoms with Gasteiger partial charge in [0, 0.05) is 50.8 Å². The van der Waals surface area contributed by atoms with Crippen LogP contribution in [-0.2, 0) is 0 Å². The molecule has 3 rings (SSSR count). The number of anilines is 1. The molecule has 5 heteroatoms. The van der Waals surface area contributed by atoms with Crippen molar-refractivity contribution in [2.45, 2.75) is 19.9 Å². The fourth-order valence-corrected chi connectivity index (χ4v) is 2.79. The summed E-state index contributed by atoms with van der Waals surface area (Å²) in [5, 5.41) is 0. The Bertz CT molecular complexity index is 578. The van der Waals surface area contributed by atoms with Crippen LogP contribution in [0.25, 0.3) is 0 Å². The second-order valence-corrected chi connectivity index (χ2v) is 5.45. The fraction of sp³-hybridized carbons (Fsp3) is 0.438. The predicted molar refractivity (Wildman–Crippen MR) is 83.2 cm³/mol. The molecule has 1 saturated heterocycles. The van der Waals surface area contributed by atoms with Crippen LogP contribution in [0.2, 0.25) is 0 Å². The number of aryl methyl sites for hydroxylation is 1. The molecule has 0 radical (unpaired) electrons. The number of hydrogen-bond donors (Lipinski definition) is 0. The van der Waals surface area contributed by atoms with E-state index in [1.165, 1.54) is 5.56 Å². The minimum atomic E-state index is 0.410. The normalized spacial score (nSPS) is 17.7. The molecule has 2 aromatic heterocycles. The largest absolute Gasteiger partial charge is 0.354 e. The van der Waals surface area contributed by atoms with Gasteiger partial charge in [-0.1, -0.05) is 6.07 Å². The van der Waals surface area contributed by atoms with Crippen LogP contribution in [0.4, 0.5) is 5.82 Å². The van der Waals surface area contributed by atoms with Crippen molar-refractivity contribution in [2.75, 3.05) is 31.1 Å². The van der Waals surface area contributed by atoms with Gasteiger partial charge in [-0.2, -0.15) is 0 Å². The first kappa shape index (κ1) is 13.9. The minimum absolute atomic E-state index is 0.410. The monoisotopic (exact) mass is 283 g/mol. The van der Waals surface area contributed by atoms with E-state index in [1.54, 1.807) is 0 Å². The first-order chi connectivity index (χ1) is 10.2. The average molecular weight is 283 g/mol. The highest BCUT2D eigenvalue weighted by Crippen LogP contribution is 2.22. The van der Waals surface area contributed by atoms with E-state index in [2.05, 4.69) is 37.7 Å². The number of piperazine rings is 1. The molecule has 2 aromatic rings. The molecule has 0 bridgehead atoms. The van der Waals surface area contributed by atoms with Crippen molar-refractivity contribution >= 4 is 5.82 Å². The average Bonchev–Trinajstić information content (AvgIpc) is 2.55. The maximum absolute atomic E-state index is 4.51. The number of nitrogens with zero attached hydrogens (tertiary/aromatic N) is 5. The van der Waals surface area contributed by atoms with Crippen molar-refractivity contribution in [1.82, 2.24) is 19.9 Å². The maximum Gasteiger partial charge on any atom is 0.132 e.